The predicted molar refractivity (Wildman–Crippen MR) is 321 cm³/mol. The number of nitrogens with zero attached hydrogens (tertiary/aromatic N) is 1. The summed E-state index contributed by atoms with van der Waals surface area (Å²) in [5.74, 6) is -0.154. The molecule has 0 spiro atoms. The molecule has 3 atom stereocenters. The van der Waals surface area contributed by atoms with E-state index in [1.54, 1.807) is 0 Å². The molecule has 0 radical (unpaired) electrons. The van der Waals surface area contributed by atoms with Crippen LogP contribution in [0, 0.1) is 0 Å². The highest BCUT2D eigenvalue weighted by molar-refractivity contribution is 7.45. The van der Waals surface area contributed by atoms with Crippen molar-refractivity contribution in [3.05, 3.63) is 0 Å². The van der Waals surface area contributed by atoms with E-state index in [4.69, 9.17) is 9.05 Å². The molecule has 74 heavy (non-hydrogen) atoms. The van der Waals surface area contributed by atoms with E-state index in [1.165, 1.54) is 295 Å². The van der Waals surface area contributed by atoms with E-state index in [0.717, 1.165) is 38.5 Å². The van der Waals surface area contributed by atoms with Crippen LogP contribution in [0.4, 0.5) is 0 Å². The topological polar surface area (TPSA) is 108 Å². The fourth-order valence-corrected chi connectivity index (χ4v) is 11.4. The number of amides is 1. The minimum atomic E-state index is -4.57. The van der Waals surface area contributed by atoms with Crippen LogP contribution in [0.3, 0.4) is 0 Å². The maximum atomic E-state index is 13.0. The number of likely N-dealkylation sites (N-methyl/N-ethyl adjacent to an activating group) is 1. The zero-order valence-corrected chi connectivity index (χ0v) is 51.7. The van der Waals surface area contributed by atoms with E-state index in [0.29, 0.717) is 23.9 Å². The third kappa shape index (κ3) is 59.2. The molecule has 2 N–H and O–H groups in total. The first kappa shape index (κ1) is 73.5. The maximum absolute atomic E-state index is 13.0. The zero-order valence-electron chi connectivity index (χ0n) is 50.8. The molecule has 0 saturated carbocycles. The number of unbranched alkanes of at least 4 members (excludes halogenated alkanes) is 50. The van der Waals surface area contributed by atoms with Gasteiger partial charge < -0.3 is 28.8 Å². The van der Waals surface area contributed by atoms with Crippen LogP contribution in [0.15, 0.2) is 0 Å². The van der Waals surface area contributed by atoms with Gasteiger partial charge in [-0.3, -0.25) is 9.36 Å². The van der Waals surface area contributed by atoms with Crippen LogP contribution >= 0.6 is 7.82 Å². The van der Waals surface area contributed by atoms with Crippen molar-refractivity contribution in [1.82, 2.24) is 5.32 Å². The molecule has 0 aromatic rings. The van der Waals surface area contributed by atoms with Crippen molar-refractivity contribution in [2.45, 2.75) is 373 Å². The monoisotopic (exact) mass is 1070 g/mol. The van der Waals surface area contributed by atoms with E-state index >= 15 is 0 Å². The van der Waals surface area contributed by atoms with Gasteiger partial charge in [-0.1, -0.05) is 341 Å². The Morgan fingerprint density at radius 1 is 0.419 bits per heavy atom. The number of aliphatic hydroxyl groups is 1. The summed E-state index contributed by atoms with van der Waals surface area (Å²) in [6.07, 6.45) is 70.3. The van der Waals surface area contributed by atoms with Crippen LogP contribution in [0.2, 0.25) is 0 Å². The Morgan fingerprint density at radius 2 is 0.662 bits per heavy atom. The summed E-state index contributed by atoms with van der Waals surface area (Å²) in [6, 6.07) is -0.796. The molecule has 0 fully saturated rings. The quantitative estimate of drug-likeness (QED) is 0.0357. The smallest absolute Gasteiger partial charge is 0.268 e. The van der Waals surface area contributed by atoms with Gasteiger partial charge in [-0.25, -0.2) is 0 Å². The molecule has 9 heteroatoms. The Hall–Kier alpha value is -0.500. The van der Waals surface area contributed by atoms with Crippen LogP contribution in [0.5, 0.6) is 0 Å². The highest BCUT2D eigenvalue weighted by Gasteiger charge is 2.24. The summed E-state index contributed by atoms with van der Waals surface area (Å²) in [5.41, 5.74) is 0. The average Bonchev–Trinajstić information content (AvgIpc) is 3.36. The van der Waals surface area contributed by atoms with Crippen LogP contribution in [-0.4, -0.2) is 68.5 Å². The predicted octanol–water partition coefficient (Wildman–Crippen LogP) is 20.1. The molecule has 0 aromatic heterocycles. The third-order valence-corrected chi connectivity index (χ3v) is 16.8. The molecule has 0 aliphatic carbocycles. The van der Waals surface area contributed by atoms with E-state index in [-0.39, 0.29) is 19.1 Å². The van der Waals surface area contributed by atoms with Crippen LogP contribution in [-0.2, 0) is 18.4 Å². The van der Waals surface area contributed by atoms with Crippen LogP contribution in [0.25, 0.3) is 0 Å². The number of rotatable bonds is 63. The summed E-state index contributed by atoms with van der Waals surface area (Å²) >= 11 is 0. The van der Waals surface area contributed by atoms with E-state index in [1.807, 2.05) is 21.1 Å². The molecule has 0 aliphatic rings. The molecular formula is C65H133N2O6P. The highest BCUT2D eigenvalue weighted by atomic mass is 31.2. The van der Waals surface area contributed by atoms with Crippen molar-refractivity contribution in [2.24, 2.45) is 0 Å². The van der Waals surface area contributed by atoms with Gasteiger partial charge in [0.2, 0.25) is 5.91 Å². The molecule has 444 valence electrons. The van der Waals surface area contributed by atoms with E-state index in [9.17, 15) is 19.4 Å². The van der Waals surface area contributed by atoms with Crippen molar-refractivity contribution in [3.63, 3.8) is 0 Å². The van der Waals surface area contributed by atoms with Gasteiger partial charge in [0.05, 0.1) is 39.9 Å². The van der Waals surface area contributed by atoms with Gasteiger partial charge in [0.15, 0.2) is 0 Å². The van der Waals surface area contributed by atoms with Gasteiger partial charge in [0.1, 0.15) is 13.2 Å². The standard InChI is InChI=1S/C65H133N2O6P/c1-6-8-10-12-14-16-18-20-22-24-26-28-29-30-31-32-33-34-35-36-37-38-39-41-43-45-47-49-51-53-55-57-59-65(69)66-63(62-73-74(70,71)72-61-60-67(3,4)5)64(68)58-56-54-52-50-48-46-44-42-40-27-25-23-21-19-17-15-13-11-9-7-2/h63-64,68H,6-62H2,1-5H3,(H-,66,69,70,71). The normalized spacial score (nSPS) is 13.7. The summed E-state index contributed by atoms with van der Waals surface area (Å²) in [5, 5.41) is 14.1. The number of phosphoric ester groups is 1. The van der Waals surface area contributed by atoms with Crippen molar-refractivity contribution in [1.29, 1.82) is 0 Å². The second kappa shape index (κ2) is 57.2. The molecule has 0 bridgehead atoms. The average molecular weight is 1070 g/mol. The van der Waals surface area contributed by atoms with Crippen LogP contribution < -0.4 is 10.2 Å². The summed E-state index contributed by atoms with van der Waals surface area (Å²) in [6.45, 7) is 4.79. The van der Waals surface area contributed by atoms with Crippen LogP contribution in [0.1, 0.15) is 361 Å². The van der Waals surface area contributed by atoms with Crippen molar-refractivity contribution in [3.8, 4) is 0 Å². The zero-order chi connectivity index (χ0) is 54.2. The molecule has 0 aromatic carbocycles. The number of hydrogen-bond donors (Lipinski definition) is 2. The Bertz CT molecular complexity index is 1170. The Morgan fingerprint density at radius 3 is 0.919 bits per heavy atom. The van der Waals surface area contributed by atoms with Crippen molar-refractivity contribution in [2.75, 3.05) is 40.9 Å². The lowest BCUT2D eigenvalue weighted by molar-refractivity contribution is -0.870. The number of nitrogens with one attached hydrogen (secondary N) is 1. The minimum Gasteiger partial charge on any atom is -0.756 e. The maximum Gasteiger partial charge on any atom is 0.268 e. The second-order valence-corrected chi connectivity index (χ2v) is 26.0. The summed E-state index contributed by atoms with van der Waals surface area (Å²) in [7, 11) is 1.33. The van der Waals surface area contributed by atoms with Crippen molar-refractivity contribution >= 4 is 13.7 Å². The lowest BCUT2D eigenvalue weighted by atomic mass is 10.0. The first-order valence-electron chi connectivity index (χ1n) is 33.4. The lowest BCUT2D eigenvalue weighted by Gasteiger charge is -2.30. The molecule has 8 nitrogen and oxygen atoms in total. The molecular weight excluding hydrogens is 936 g/mol. The molecule has 3 unspecified atom stereocenters. The highest BCUT2D eigenvalue weighted by Crippen LogP contribution is 2.38. The molecule has 0 saturated heterocycles. The SMILES string of the molecule is CCCCCCCCCCCCCCCCCCCCCCCCCCCCCCCCCCC(=O)NC(COP(=O)([O-])OCC[N+](C)(C)C)C(O)CCCCCCCCCCCCCCCCCCCCCC. The Balaban J connectivity index is 3.97. The number of carbonyl (C=O) groups excluding carboxylic acids is 1. The summed E-state index contributed by atoms with van der Waals surface area (Å²) in [4.78, 5) is 25.6. The fraction of sp³-hybridized carbons (Fsp3) is 0.985. The van der Waals surface area contributed by atoms with E-state index < -0.39 is 20.0 Å². The Labute approximate surface area is 463 Å². The third-order valence-electron chi connectivity index (χ3n) is 15.8. The van der Waals surface area contributed by atoms with Gasteiger partial charge in [0, 0.05) is 6.42 Å². The fourth-order valence-electron chi connectivity index (χ4n) is 10.6. The van der Waals surface area contributed by atoms with Gasteiger partial charge in [-0.2, -0.15) is 0 Å². The number of hydrogen-bond acceptors (Lipinski definition) is 6. The first-order valence-corrected chi connectivity index (χ1v) is 34.8. The number of phosphoric acid groups is 1. The second-order valence-electron chi connectivity index (χ2n) is 24.5. The van der Waals surface area contributed by atoms with Gasteiger partial charge in [-0.15, -0.1) is 0 Å². The Kier molecular flexibility index (Phi) is 56.8. The van der Waals surface area contributed by atoms with Gasteiger partial charge >= 0.3 is 0 Å². The van der Waals surface area contributed by atoms with Crippen molar-refractivity contribution < 1.29 is 32.9 Å². The van der Waals surface area contributed by atoms with Gasteiger partial charge in [0.25, 0.3) is 7.82 Å². The first-order chi connectivity index (χ1) is 36.0. The molecule has 1 amide bonds. The molecule has 0 rings (SSSR count). The number of quaternary nitrogens is 1. The van der Waals surface area contributed by atoms with Gasteiger partial charge in [-0.05, 0) is 12.8 Å². The lowest BCUT2D eigenvalue weighted by Crippen LogP contribution is -2.46. The number of carbonyl (C=O) groups is 1. The summed E-state index contributed by atoms with van der Waals surface area (Å²) < 4.78 is 23.5. The minimum absolute atomic E-state index is 0.0168. The van der Waals surface area contributed by atoms with E-state index in [2.05, 4.69) is 19.2 Å². The molecule has 0 heterocycles. The largest absolute Gasteiger partial charge is 0.756 e. The molecule has 0 aliphatic heterocycles. The number of aliphatic hydroxyl groups excluding tert-OH is 1.